The number of ether oxygens (including phenoxy) is 1. The summed E-state index contributed by atoms with van der Waals surface area (Å²) in [5.74, 6) is -0.572. The summed E-state index contributed by atoms with van der Waals surface area (Å²) >= 11 is 0. The van der Waals surface area contributed by atoms with E-state index in [9.17, 15) is 4.79 Å². The lowest BCUT2D eigenvalue weighted by Crippen LogP contribution is -2.12. The molecule has 14 heavy (non-hydrogen) atoms. The molecular weight excluding hydrogens is 210 g/mol. The average Bonchev–Trinajstić information content (AvgIpc) is 2.45. The van der Waals surface area contributed by atoms with Crippen LogP contribution in [0.4, 0.5) is 5.95 Å². The molecule has 1 aromatic heterocycles. The zero-order valence-corrected chi connectivity index (χ0v) is 8.24. The number of carboxylic acids is 1. The van der Waals surface area contributed by atoms with E-state index in [0.29, 0.717) is 19.1 Å². The monoisotopic (exact) mass is 221 g/mol. The van der Waals surface area contributed by atoms with E-state index in [0.717, 1.165) is 0 Å². The standard InChI is InChI=1S/C7H11N3O3.ClH/c8-7-9-1-2-10(7)3-4-13-5-6(11)12;/h1-2H,3-5H2,(H2,8,9)(H,11,12);1H. The van der Waals surface area contributed by atoms with Crippen molar-refractivity contribution in [1.82, 2.24) is 9.55 Å². The van der Waals surface area contributed by atoms with E-state index < -0.39 is 5.97 Å². The number of carbonyl (C=O) groups is 1. The maximum Gasteiger partial charge on any atom is 0.329 e. The van der Waals surface area contributed by atoms with Crippen molar-refractivity contribution in [3.63, 3.8) is 0 Å². The summed E-state index contributed by atoms with van der Waals surface area (Å²) in [5, 5.41) is 8.26. The molecule has 0 spiro atoms. The maximum atomic E-state index is 10.1. The van der Waals surface area contributed by atoms with Crippen LogP contribution in [-0.4, -0.2) is 33.8 Å². The molecule has 7 heteroatoms. The van der Waals surface area contributed by atoms with Crippen LogP contribution in [0.3, 0.4) is 0 Å². The number of hydrogen-bond acceptors (Lipinski definition) is 4. The van der Waals surface area contributed by atoms with Crippen molar-refractivity contribution >= 4 is 24.3 Å². The van der Waals surface area contributed by atoms with Gasteiger partial charge in [0.1, 0.15) is 6.61 Å². The van der Waals surface area contributed by atoms with Gasteiger partial charge in [-0.15, -0.1) is 12.4 Å². The normalized spacial score (nSPS) is 9.43. The third-order valence-corrected chi connectivity index (χ3v) is 1.45. The summed E-state index contributed by atoms with van der Waals surface area (Å²) < 4.78 is 6.50. The molecule has 1 aromatic rings. The molecule has 0 aliphatic heterocycles. The van der Waals surface area contributed by atoms with Gasteiger partial charge in [0.2, 0.25) is 0 Å². The van der Waals surface area contributed by atoms with E-state index in [1.165, 1.54) is 0 Å². The first kappa shape index (κ1) is 12.7. The predicted molar refractivity (Wildman–Crippen MR) is 52.3 cm³/mol. The van der Waals surface area contributed by atoms with Gasteiger partial charge in [-0.1, -0.05) is 0 Å². The van der Waals surface area contributed by atoms with Crippen LogP contribution < -0.4 is 5.73 Å². The Kier molecular flexibility index (Phi) is 5.66. The lowest BCUT2D eigenvalue weighted by molar-refractivity contribution is -0.142. The molecule has 0 atom stereocenters. The summed E-state index contributed by atoms with van der Waals surface area (Å²) in [4.78, 5) is 13.9. The Morgan fingerprint density at radius 3 is 2.93 bits per heavy atom. The van der Waals surface area contributed by atoms with Gasteiger partial charge in [0.05, 0.1) is 6.61 Å². The highest BCUT2D eigenvalue weighted by molar-refractivity contribution is 5.85. The van der Waals surface area contributed by atoms with Crippen LogP contribution in [0.15, 0.2) is 12.4 Å². The molecule has 6 nitrogen and oxygen atoms in total. The number of aromatic nitrogens is 2. The first-order valence-corrected chi connectivity index (χ1v) is 3.76. The first-order chi connectivity index (χ1) is 6.20. The summed E-state index contributed by atoms with van der Waals surface area (Å²) in [6.07, 6.45) is 3.28. The molecule has 0 saturated heterocycles. The molecule has 80 valence electrons. The second-order valence-corrected chi connectivity index (χ2v) is 2.43. The van der Waals surface area contributed by atoms with Crippen molar-refractivity contribution < 1.29 is 14.6 Å². The number of nitrogens with zero attached hydrogens (tertiary/aromatic N) is 2. The highest BCUT2D eigenvalue weighted by atomic mass is 35.5. The quantitative estimate of drug-likeness (QED) is 0.683. The van der Waals surface area contributed by atoms with E-state index in [1.54, 1.807) is 17.0 Å². The number of nitrogen functional groups attached to an aromatic ring is 1. The highest BCUT2D eigenvalue weighted by Gasteiger charge is 1.98. The number of hydrogen-bond donors (Lipinski definition) is 2. The van der Waals surface area contributed by atoms with Crippen LogP contribution in [0.5, 0.6) is 0 Å². The molecule has 0 unspecified atom stereocenters. The van der Waals surface area contributed by atoms with Crippen LogP contribution in [0.1, 0.15) is 0 Å². The summed E-state index contributed by atoms with van der Waals surface area (Å²) in [6.45, 7) is 0.542. The van der Waals surface area contributed by atoms with Crippen LogP contribution in [-0.2, 0) is 16.1 Å². The second-order valence-electron chi connectivity index (χ2n) is 2.43. The Labute approximate surface area is 87.1 Å². The summed E-state index contributed by atoms with van der Waals surface area (Å²) in [7, 11) is 0. The van der Waals surface area contributed by atoms with E-state index in [-0.39, 0.29) is 19.0 Å². The summed E-state index contributed by atoms with van der Waals surface area (Å²) in [6, 6.07) is 0. The van der Waals surface area contributed by atoms with Gasteiger partial charge in [0.25, 0.3) is 0 Å². The Morgan fingerprint density at radius 1 is 1.71 bits per heavy atom. The van der Waals surface area contributed by atoms with Crippen molar-refractivity contribution in [1.29, 1.82) is 0 Å². The van der Waals surface area contributed by atoms with Gasteiger partial charge >= 0.3 is 5.97 Å². The molecule has 0 aromatic carbocycles. The van der Waals surface area contributed by atoms with Gasteiger partial charge in [-0.25, -0.2) is 9.78 Å². The minimum atomic E-state index is -0.974. The Hall–Kier alpha value is -1.27. The van der Waals surface area contributed by atoms with Gasteiger partial charge in [0.15, 0.2) is 5.95 Å². The fourth-order valence-electron chi connectivity index (χ4n) is 0.852. The van der Waals surface area contributed by atoms with Gasteiger partial charge < -0.3 is 20.1 Å². The molecule has 0 saturated carbocycles. The van der Waals surface area contributed by atoms with Crippen molar-refractivity contribution in [2.24, 2.45) is 0 Å². The molecule has 3 N–H and O–H groups in total. The zero-order chi connectivity index (χ0) is 9.68. The van der Waals surface area contributed by atoms with Gasteiger partial charge in [-0.2, -0.15) is 0 Å². The van der Waals surface area contributed by atoms with E-state index in [4.69, 9.17) is 15.6 Å². The number of carboxylic acid groups (broad SMARTS) is 1. The minimum absolute atomic E-state index is 0. The smallest absolute Gasteiger partial charge is 0.329 e. The molecule has 0 aliphatic carbocycles. The molecule has 0 radical (unpaired) electrons. The summed E-state index contributed by atoms with van der Waals surface area (Å²) in [5.41, 5.74) is 5.46. The number of anilines is 1. The average molecular weight is 222 g/mol. The Balaban J connectivity index is 0.00000169. The lowest BCUT2D eigenvalue weighted by atomic mass is 10.6. The molecule has 0 amide bonds. The van der Waals surface area contributed by atoms with Gasteiger partial charge in [-0.3, -0.25) is 0 Å². The number of nitrogens with two attached hydrogens (primary N) is 1. The largest absolute Gasteiger partial charge is 0.480 e. The minimum Gasteiger partial charge on any atom is -0.480 e. The Morgan fingerprint density at radius 2 is 2.43 bits per heavy atom. The molecule has 0 bridgehead atoms. The van der Waals surface area contributed by atoms with Gasteiger partial charge in [0, 0.05) is 18.9 Å². The topological polar surface area (TPSA) is 90.4 Å². The molecule has 1 heterocycles. The van der Waals surface area contributed by atoms with E-state index in [1.807, 2.05) is 0 Å². The maximum absolute atomic E-state index is 10.1. The number of halogens is 1. The first-order valence-electron chi connectivity index (χ1n) is 3.76. The van der Waals surface area contributed by atoms with E-state index >= 15 is 0 Å². The van der Waals surface area contributed by atoms with E-state index in [2.05, 4.69) is 4.98 Å². The van der Waals surface area contributed by atoms with Crippen LogP contribution in [0, 0.1) is 0 Å². The number of aliphatic carboxylic acids is 1. The fourth-order valence-corrected chi connectivity index (χ4v) is 0.852. The number of rotatable bonds is 5. The van der Waals surface area contributed by atoms with Crippen LogP contribution in [0.2, 0.25) is 0 Å². The highest BCUT2D eigenvalue weighted by Crippen LogP contribution is 1.97. The number of imidazole rings is 1. The zero-order valence-electron chi connectivity index (χ0n) is 7.42. The molecular formula is C7H12ClN3O3. The van der Waals surface area contributed by atoms with Gasteiger partial charge in [-0.05, 0) is 0 Å². The van der Waals surface area contributed by atoms with Crippen molar-refractivity contribution in [3.8, 4) is 0 Å². The predicted octanol–water partition coefficient (Wildman–Crippen LogP) is -0.0117. The lowest BCUT2D eigenvalue weighted by Gasteiger charge is -2.03. The van der Waals surface area contributed by atoms with Crippen LogP contribution >= 0.6 is 12.4 Å². The second kappa shape index (κ2) is 6.22. The fraction of sp³-hybridized carbons (Fsp3) is 0.429. The third kappa shape index (κ3) is 4.11. The van der Waals surface area contributed by atoms with Crippen LogP contribution in [0.25, 0.3) is 0 Å². The SMILES string of the molecule is Cl.Nc1nccn1CCOCC(=O)O. The van der Waals surface area contributed by atoms with Crippen molar-refractivity contribution in [3.05, 3.63) is 12.4 Å². The molecule has 0 aliphatic rings. The third-order valence-electron chi connectivity index (χ3n) is 1.45. The van der Waals surface area contributed by atoms with Crippen molar-refractivity contribution in [2.45, 2.75) is 6.54 Å². The van der Waals surface area contributed by atoms with Crippen molar-refractivity contribution in [2.75, 3.05) is 18.9 Å². The molecule has 0 fully saturated rings. The molecule has 1 rings (SSSR count). The Bertz CT molecular complexity index is 289.